The number of nitrogens with two attached hydrogens (primary N) is 1. The van der Waals surface area contributed by atoms with Crippen LogP contribution < -0.4 is 15.8 Å². The zero-order valence-corrected chi connectivity index (χ0v) is 15.2. The van der Waals surface area contributed by atoms with Crippen LogP contribution in [-0.2, 0) is 16.6 Å². The van der Waals surface area contributed by atoms with Crippen molar-refractivity contribution in [3.63, 3.8) is 0 Å². The molecule has 0 spiro atoms. The molecule has 1 aromatic carbocycles. The summed E-state index contributed by atoms with van der Waals surface area (Å²) < 4.78 is 22.6. The number of aliphatic imine (C=N–C) groups is 1. The van der Waals surface area contributed by atoms with E-state index in [0.717, 1.165) is 17.9 Å². The van der Waals surface area contributed by atoms with E-state index in [1.807, 2.05) is 6.07 Å². The number of nitrogens with one attached hydrogen (secondary N) is 2. The maximum atomic E-state index is 11.3. The summed E-state index contributed by atoms with van der Waals surface area (Å²) in [7, 11) is -1.95. The summed E-state index contributed by atoms with van der Waals surface area (Å²) in [5, 5.41) is 11.6. The molecule has 6 nitrogen and oxygen atoms in total. The fraction of sp³-hybridized carbons (Fsp3) is 0.462. The fourth-order valence-electron chi connectivity index (χ4n) is 1.91. The molecule has 1 saturated carbocycles. The Hall–Kier alpha value is -0.870. The van der Waals surface area contributed by atoms with Crippen molar-refractivity contribution in [2.45, 2.75) is 30.8 Å². The summed E-state index contributed by atoms with van der Waals surface area (Å²) >= 11 is 0. The third kappa shape index (κ3) is 5.44. The van der Waals surface area contributed by atoms with Crippen LogP contribution in [0.15, 0.2) is 34.2 Å². The number of guanidine groups is 1. The van der Waals surface area contributed by atoms with Gasteiger partial charge in [-0.1, -0.05) is 19.1 Å². The molecular weight excluding hydrogens is 403 g/mol. The van der Waals surface area contributed by atoms with Crippen LogP contribution in [0.25, 0.3) is 0 Å². The summed E-state index contributed by atoms with van der Waals surface area (Å²) in [6, 6.07) is 7.05. The first-order valence-corrected chi connectivity index (χ1v) is 8.03. The molecule has 0 saturated heterocycles. The number of hydrogen-bond donors (Lipinski definition) is 3. The number of hydrogen-bond acceptors (Lipinski definition) is 3. The van der Waals surface area contributed by atoms with E-state index in [1.165, 1.54) is 6.07 Å². The van der Waals surface area contributed by atoms with Gasteiger partial charge in [-0.05, 0) is 30.0 Å². The lowest BCUT2D eigenvalue weighted by Crippen LogP contribution is -2.38. The minimum atomic E-state index is -3.66. The van der Waals surface area contributed by atoms with Crippen LogP contribution in [0.4, 0.5) is 0 Å². The van der Waals surface area contributed by atoms with Crippen LogP contribution >= 0.6 is 24.0 Å². The molecule has 1 aromatic rings. The van der Waals surface area contributed by atoms with Gasteiger partial charge in [0, 0.05) is 19.6 Å². The minimum absolute atomic E-state index is 0. The van der Waals surface area contributed by atoms with Gasteiger partial charge in [0.25, 0.3) is 0 Å². The SMILES string of the molecule is CN=C(NCc1cccc(S(N)(=O)=O)c1)NC1CC1C.I. The van der Waals surface area contributed by atoms with E-state index >= 15 is 0 Å². The smallest absolute Gasteiger partial charge is 0.238 e. The lowest BCUT2D eigenvalue weighted by atomic mass is 10.2. The van der Waals surface area contributed by atoms with Crippen LogP contribution in [0.5, 0.6) is 0 Å². The van der Waals surface area contributed by atoms with Crippen LogP contribution in [0, 0.1) is 5.92 Å². The van der Waals surface area contributed by atoms with Gasteiger partial charge < -0.3 is 10.6 Å². The summed E-state index contributed by atoms with van der Waals surface area (Å²) in [5.41, 5.74) is 0.836. The van der Waals surface area contributed by atoms with Gasteiger partial charge in [-0.2, -0.15) is 0 Å². The van der Waals surface area contributed by atoms with E-state index in [4.69, 9.17) is 5.14 Å². The van der Waals surface area contributed by atoms with Crippen molar-refractivity contribution in [1.29, 1.82) is 0 Å². The number of benzene rings is 1. The van der Waals surface area contributed by atoms with E-state index in [0.29, 0.717) is 18.5 Å². The number of nitrogens with zero attached hydrogens (tertiary/aromatic N) is 1. The van der Waals surface area contributed by atoms with Crippen LogP contribution in [0.2, 0.25) is 0 Å². The quantitative estimate of drug-likeness (QED) is 0.382. The Balaban J connectivity index is 0.00000220. The van der Waals surface area contributed by atoms with E-state index in [2.05, 4.69) is 22.5 Å². The van der Waals surface area contributed by atoms with Gasteiger partial charge >= 0.3 is 0 Å². The topological polar surface area (TPSA) is 96.6 Å². The molecular formula is C13H21IN4O2S. The minimum Gasteiger partial charge on any atom is -0.353 e. The lowest BCUT2D eigenvalue weighted by Gasteiger charge is -2.12. The van der Waals surface area contributed by atoms with Crippen molar-refractivity contribution in [2.24, 2.45) is 16.0 Å². The van der Waals surface area contributed by atoms with E-state index in [-0.39, 0.29) is 28.9 Å². The normalized spacial score (nSPS) is 21.4. The molecule has 118 valence electrons. The van der Waals surface area contributed by atoms with Gasteiger partial charge in [0.1, 0.15) is 0 Å². The van der Waals surface area contributed by atoms with E-state index < -0.39 is 10.0 Å². The third-order valence-corrected chi connectivity index (χ3v) is 4.25. The number of halogens is 1. The molecule has 0 heterocycles. The second-order valence-electron chi connectivity index (χ2n) is 5.08. The molecule has 2 unspecified atom stereocenters. The lowest BCUT2D eigenvalue weighted by molar-refractivity contribution is 0.597. The Bertz CT molecular complexity index is 618. The molecule has 2 atom stereocenters. The van der Waals surface area contributed by atoms with E-state index in [1.54, 1.807) is 19.2 Å². The Morgan fingerprint density at radius 1 is 1.48 bits per heavy atom. The van der Waals surface area contributed by atoms with Gasteiger partial charge in [0.15, 0.2) is 5.96 Å². The Kier molecular flexibility index (Phi) is 6.41. The molecule has 1 fully saturated rings. The van der Waals surface area contributed by atoms with Gasteiger partial charge in [0.05, 0.1) is 4.90 Å². The highest BCUT2D eigenvalue weighted by Gasteiger charge is 2.33. The summed E-state index contributed by atoms with van der Waals surface area (Å²) in [5.74, 6) is 1.40. The summed E-state index contributed by atoms with van der Waals surface area (Å²) in [4.78, 5) is 4.26. The number of sulfonamides is 1. The predicted octanol–water partition coefficient (Wildman–Crippen LogP) is 1.03. The highest BCUT2D eigenvalue weighted by Crippen LogP contribution is 2.28. The van der Waals surface area contributed by atoms with Gasteiger partial charge in [0.2, 0.25) is 10.0 Å². The zero-order chi connectivity index (χ0) is 14.8. The van der Waals surface area contributed by atoms with Crippen molar-refractivity contribution in [3.05, 3.63) is 29.8 Å². The first-order chi connectivity index (χ1) is 9.40. The Labute approximate surface area is 142 Å². The van der Waals surface area contributed by atoms with Crippen molar-refractivity contribution in [2.75, 3.05) is 7.05 Å². The maximum absolute atomic E-state index is 11.3. The number of primary sulfonamides is 1. The molecule has 2 rings (SSSR count). The average molecular weight is 424 g/mol. The Morgan fingerprint density at radius 2 is 2.14 bits per heavy atom. The largest absolute Gasteiger partial charge is 0.353 e. The molecule has 8 heteroatoms. The predicted molar refractivity (Wildman–Crippen MR) is 94.1 cm³/mol. The van der Waals surface area contributed by atoms with Crippen molar-refractivity contribution < 1.29 is 8.42 Å². The molecule has 0 aliphatic heterocycles. The molecule has 0 aromatic heterocycles. The highest BCUT2D eigenvalue weighted by molar-refractivity contribution is 14.0. The highest BCUT2D eigenvalue weighted by atomic mass is 127. The van der Waals surface area contributed by atoms with Crippen molar-refractivity contribution >= 4 is 40.0 Å². The molecule has 0 amide bonds. The fourth-order valence-corrected chi connectivity index (χ4v) is 2.50. The van der Waals surface area contributed by atoms with Crippen LogP contribution in [0.1, 0.15) is 18.9 Å². The molecule has 0 bridgehead atoms. The standard InChI is InChI=1S/C13H20N4O2S.HI/c1-9-6-12(9)17-13(15-2)16-8-10-4-3-5-11(7-10)20(14,18)19;/h3-5,7,9,12H,6,8H2,1-2H3,(H2,14,18,19)(H2,15,16,17);1H. The van der Waals surface area contributed by atoms with Gasteiger partial charge in [-0.25, -0.2) is 13.6 Å². The third-order valence-electron chi connectivity index (χ3n) is 3.34. The van der Waals surface area contributed by atoms with Crippen LogP contribution in [-0.4, -0.2) is 27.5 Å². The summed E-state index contributed by atoms with van der Waals surface area (Å²) in [6.45, 7) is 2.67. The van der Waals surface area contributed by atoms with Crippen molar-refractivity contribution in [3.8, 4) is 0 Å². The number of rotatable bonds is 4. The Morgan fingerprint density at radius 3 is 2.67 bits per heavy atom. The molecule has 4 N–H and O–H groups in total. The first kappa shape index (κ1) is 18.2. The van der Waals surface area contributed by atoms with Gasteiger partial charge in [-0.15, -0.1) is 24.0 Å². The molecule has 1 aliphatic rings. The second-order valence-corrected chi connectivity index (χ2v) is 6.64. The maximum Gasteiger partial charge on any atom is 0.238 e. The monoisotopic (exact) mass is 424 g/mol. The zero-order valence-electron chi connectivity index (χ0n) is 12.0. The first-order valence-electron chi connectivity index (χ1n) is 6.49. The molecule has 21 heavy (non-hydrogen) atoms. The second kappa shape index (κ2) is 7.41. The van der Waals surface area contributed by atoms with Crippen LogP contribution in [0.3, 0.4) is 0 Å². The van der Waals surface area contributed by atoms with E-state index in [9.17, 15) is 8.42 Å². The van der Waals surface area contributed by atoms with Crippen molar-refractivity contribution in [1.82, 2.24) is 10.6 Å². The molecule has 0 radical (unpaired) electrons. The van der Waals surface area contributed by atoms with Gasteiger partial charge in [-0.3, -0.25) is 4.99 Å². The summed E-state index contributed by atoms with van der Waals surface area (Å²) in [6.07, 6.45) is 1.15. The molecule has 1 aliphatic carbocycles. The average Bonchev–Trinajstić information content (AvgIpc) is 3.09.